The Hall–Kier alpha value is -4.46. The molecular weight excluding hydrogens is 430 g/mol. The zero-order valence-corrected chi connectivity index (χ0v) is 18.4. The normalized spacial score (nSPS) is 15.4. The molecule has 1 aliphatic heterocycles. The highest BCUT2D eigenvalue weighted by Gasteiger charge is 2.32. The van der Waals surface area contributed by atoms with E-state index in [2.05, 4.69) is 39.1 Å². The molecule has 8 nitrogen and oxygen atoms in total. The summed E-state index contributed by atoms with van der Waals surface area (Å²) in [7, 11) is 1.62. The van der Waals surface area contributed by atoms with E-state index in [0.717, 1.165) is 17.5 Å². The number of rotatable bonds is 3. The van der Waals surface area contributed by atoms with Crippen molar-refractivity contribution in [3.05, 3.63) is 100 Å². The highest BCUT2D eigenvalue weighted by atomic mass is 16.4. The van der Waals surface area contributed by atoms with Gasteiger partial charge in [0.2, 0.25) is 11.7 Å². The Morgan fingerprint density at radius 3 is 2.65 bits per heavy atom. The molecule has 4 heterocycles. The predicted octanol–water partition coefficient (Wildman–Crippen LogP) is 3.84. The van der Waals surface area contributed by atoms with Crippen LogP contribution in [0.3, 0.4) is 0 Å². The fourth-order valence-corrected chi connectivity index (χ4v) is 4.64. The monoisotopic (exact) mass is 451 g/mol. The van der Waals surface area contributed by atoms with Crippen molar-refractivity contribution in [2.75, 3.05) is 11.4 Å². The van der Waals surface area contributed by atoms with Gasteiger partial charge < -0.3 is 14.4 Å². The molecule has 1 unspecified atom stereocenters. The maximum Gasteiger partial charge on any atom is 0.297 e. The molecule has 6 rings (SSSR count). The Morgan fingerprint density at radius 2 is 1.82 bits per heavy atom. The summed E-state index contributed by atoms with van der Waals surface area (Å²) in [4.78, 5) is 28.4. The van der Waals surface area contributed by atoms with Gasteiger partial charge in [-0.1, -0.05) is 54.6 Å². The van der Waals surface area contributed by atoms with Gasteiger partial charge in [-0.3, -0.25) is 14.3 Å². The third-order valence-corrected chi connectivity index (χ3v) is 6.29. The molecular formula is C26H21N5O3. The maximum atomic E-state index is 13.1. The van der Waals surface area contributed by atoms with Gasteiger partial charge in [-0.15, -0.1) is 0 Å². The van der Waals surface area contributed by atoms with Gasteiger partial charge in [0.05, 0.1) is 12.2 Å². The van der Waals surface area contributed by atoms with Crippen LogP contribution in [-0.2, 0) is 13.5 Å². The number of aromatic hydroxyl groups is 1. The summed E-state index contributed by atoms with van der Waals surface area (Å²) in [5, 5.41) is 10.7. The number of anilines is 1. The molecule has 168 valence electrons. The van der Waals surface area contributed by atoms with Crippen molar-refractivity contribution in [2.45, 2.75) is 12.5 Å². The first-order valence-electron chi connectivity index (χ1n) is 11.0. The van der Waals surface area contributed by atoms with Gasteiger partial charge in [-0.05, 0) is 29.2 Å². The van der Waals surface area contributed by atoms with Crippen molar-refractivity contribution in [1.82, 2.24) is 19.5 Å². The van der Waals surface area contributed by atoms with E-state index in [1.54, 1.807) is 19.3 Å². The van der Waals surface area contributed by atoms with E-state index in [-0.39, 0.29) is 17.6 Å². The molecule has 34 heavy (non-hydrogen) atoms. The summed E-state index contributed by atoms with van der Waals surface area (Å²) in [5.41, 5.74) is 4.00. The molecule has 1 N–H and O–H groups in total. The van der Waals surface area contributed by atoms with Crippen LogP contribution in [0.1, 0.15) is 22.7 Å². The van der Waals surface area contributed by atoms with Gasteiger partial charge >= 0.3 is 0 Å². The van der Waals surface area contributed by atoms with Gasteiger partial charge in [0, 0.05) is 19.8 Å². The van der Waals surface area contributed by atoms with Crippen molar-refractivity contribution in [2.24, 2.45) is 7.05 Å². The van der Waals surface area contributed by atoms with Crippen LogP contribution in [0.15, 0.2) is 82.3 Å². The minimum Gasteiger partial charge on any atom is -0.501 e. The average molecular weight is 451 g/mol. The molecule has 0 radical (unpaired) electrons. The summed E-state index contributed by atoms with van der Waals surface area (Å²) in [5.74, 6) is 0.00842. The molecule has 0 bridgehead atoms. The van der Waals surface area contributed by atoms with Crippen LogP contribution in [0, 0.1) is 0 Å². The quantitative estimate of drug-likeness (QED) is 0.445. The third kappa shape index (κ3) is 3.14. The molecule has 3 aromatic heterocycles. The Morgan fingerprint density at radius 1 is 1.03 bits per heavy atom. The lowest BCUT2D eigenvalue weighted by atomic mass is 9.88. The second-order valence-electron chi connectivity index (χ2n) is 8.29. The van der Waals surface area contributed by atoms with E-state index >= 15 is 0 Å². The first kappa shape index (κ1) is 20.2. The molecule has 2 aromatic carbocycles. The van der Waals surface area contributed by atoms with Crippen LogP contribution >= 0.6 is 0 Å². The number of hydrogen-bond acceptors (Lipinski definition) is 7. The van der Waals surface area contributed by atoms with Crippen LogP contribution in [0.4, 0.5) is 5.95 Å². The second kappa shape index (κ2) is 7.84. The Labute approximate surface area is 194 Å². The molecule has 1 atom stereocenters. The number of pyridine rings is 1. The van der Waals surface area contributed by atoms with E-state index in [9.17, 15) is 9.90 Å². The van der Waals surface area contributed by atoms with Gasteiger partial charge in [0.15, 0.2) is 11.3 Å². The van der Waals surface area contributed by atoms with Crippen molar-refractivity contribution >= 4 is 17.0 Å². The first-order chi connectivity index (χ1) is 16.6. The lowest BCUT2D eigenvalue weighted by Crippen LogP contribution is -2.40. The van der Waals surface area contributed by atoms with E-state index in [0.29, 0.717) is 23.6 Å². The van der Waals surface area contributed by atoms with Gasteiger partial charge in [0.25, 0.3) is 11.4 Å². The van der Waals surface area contributed by atoms with Crippen LogP contribution in [-0.4, -0.2) is 31.2 Å². The summed E-state index contributed by atoms with van der Waals surface area (Å²) in [6.07, 6.45) is 3.95. The van der Waals surface area contributed by atoms with Gasteiger partial charge in [0.1, 0.15) is 5.52 Å². The molecule has 8 heteroatoms. The lowest BCUT2D eigenvalue weighted by molar-refractivity contribution is 0.454. The van der Waals surface area contributed by atoms with Crippen LogP contribution in [0.25, 0.3) is 22.7 Å². The van der Waals surface area contributed by atoms with Crippen LogP contribution in [0.5, 0.6) is 5.75 Å². The highest BCUT2D eigenvalue weighted by Crippen LogP contribution is 2.38. The average Bonchev–Trinajstić information content (AvgIpc) is 3.31. The van der Waals surface area contributed by atoms with E-state index in [4.69, 9.17) is 9.40 Å². The van der Waals surface area contributed by atoms with Crippen molar-refractivity contribution in [3.8, 4) is 17.3 Å². The first-order valence-corrected chi connectivity index (χ1v) is 11.0. The minimum atomic E-state index is -0.564. The second-order valence-corrected chi connectivity index (χ2v) is 8.29. The minimum absolute atomic E-state index is 0.0139. The molecule has 5 aromatic rings. The molecule has 0 saturated carbocycles. The van der Waals surface area contributed by atoms with Gasteiger partial charge in [-0.2, -0.15) is 0 Å². The summed E-state index contributed by atoms with van der Waals surface area (Å²) >= 11 is 0. The van der Waals surface area contributed by atoms with Crippen LogP contribution in [0.2, 0.25) is 0 Å². The number of nitrogens with zero attached hydrogens (tertiary/aromatic N) is 5. The summed E-state index contributed by atoms with van der Waals surface area (Å²) in [6, 6.07) is 20.0. The topological polar surface area (TPSA) is 97.3 Å². The molecule has 0 spiro atoms. The largest absolute Gasteiger partial charge is 0.501 e. The molecule has 1 aliphatic rings. The highest BCUT2D eigenvalue weighted by molar-refractivity contribution is 5.75. The van der Waals surface area contributed by atoms with E-state index < -0.39 is 11.3 Å². The molecule has 0 amide bonds. The van der Waals surface area contributed by atoms with Crippen molar-refractivity contribution in [3.63, 3.8) is 0 Å². The van der Waals surface area contributed by atoms with Crippen molar-refractivity contribution in [1.29, 1.82) is 0 Å². The zero-order valence-electron chi connectivity index (χ0n) is 18.4. The van der Waals surface area contributed by atoms with Crippen LogP contribution < -0.4 is 10.5 Å². The molecule has 0 aliphatic carbocycles. The fourth-order valence-electron chi connectivity index (χ4n) is 4.64. The van der Waals surface area contributed by atoms with E-state index in [1.807, 2.05) is 30.3 Å². The number of hydrogen-bond donors (Lipinski definition) is 1. The standard InChI is InChI=1S/C26H21N5O3/c1-30-25(33)23(32)21(24-28-19-11-13-27-15-20(19)34-24)29-26(30)31-14-12-16-7-5-6-10-18(16)22(31)17-8-3-2-4-9-17/h2-11,13,15,22,32H,12,14H2,1H3. The Bertz CT molecular complexity index is 1540. The maximum absolute atomic E-state index is 13.1. The smallest absolute Gasteiger partial charge is 0.297 e. The summed E-state index contributed by atoms with van der Waals surface area (Å²) < 4.78 is 7.16. The number of benzene rings is 2. The number of aromatic nitrogens is 4. The number of oxazole rings is 1. The zero-order chi connectivity index (χ0) is 23.2. The molecule has 0 saturated heterocycles. The molecule has 0 fully saturated rings. The lowest BCUT2D eigenvalue weighted by Gasteiger charge is -2.39. The van der Waals surface area contributed by atoms with Crippen molar-refractivity contribution < 1.29 is 9.52 Å². The SMILES string of the molecule is Cn1c(N2CCc3ccccc3C2c2ccccc2)nc(-c2nc3ccncc3o2)c(O)c1=O. The summed E-state index contributed by atoms with van der Waals surface area (Å²) in [6.45, 7) is 0.651. The fraction of sp³-hybridized carbons (Fsp3) is 0.154. The Kier molecular flexibility index (Phi) is 4.65. The van der Waals surface area contributed by atoms with E-state index in [1.165, 1.54) is 16.3 Å². The third-order valence-electron chi connectivity index (χ3n) is 6.29. The van der Waals surface area contributed by atoms with Gasteiger partial charge in [-0.25, -0.2) is 9.97 Å². The Balaban J connectivity index is 1.55. The predicted molar refractivity (Wildman–Crippen MR) is 128 cm³/mol. The number of fused-ring (bicyclic) bond motifs is 2.